The van der Waals surface area contributed by atoms with Gasteiger partial charge in [-0.1, -0.05) is 50.2 Å². The van der Waals surface area contributed by atoms with Crippen LogP contribution in [0.1, 0.15) is 47.4 Å². The average molecular weight is 453 g/mol. The molecule has 0 fully saturated rings. The summed E-state index contributed by atoms with van der Waals surface area (Å²) < 4.78 is 15.5. The van der Waals surface area contributed by atoms with Crippen LogP contribution in [0.15, 0.2) is 47.0 Å². The lowest BCUT2D eigenvalue weighted by molar-refractivity contribution is 0.0898. The Balaban J connectivity index is 1.51. The summed E-state index contributed by atoms with van der Waals surface area (Å²) in [5.41, 5.74) is 2.39. The molecule has 2 amide bonds. The van der Waals surface area contributed by atoms with Gasteiger partial charge in [0.2, 0.25) is 5.82 Å². The van der Waals surface area contributed by atoms with Gasteiger partial charge in [-0.05, 0) is 29.2 Å². The van der Waals surface area contributed by atoms with Crippen molar-refractivity contribution < 1.29 is 23.6 Å². The molecule has 9 heteroatoms. The summed E-state index contributed by atoms with van der Waals surface area (Å²) in [5, 5.41) is 9.26. The molecule has 2 aromatic carbocycles. The zero-order valence-electron chi connectivity index (χ0n) is 19.4. The second kappa shape index (κ2) is 10.2. The summed E-state index contributed by atoms with van der Waals surface area (Å²) >= 11 is 0. The predicted octanol–water partition coefficient (Wildman–Crippen LogP) is 3.21. The van der Waals surface area contributed by atoms with E-state index in [1.165, 1.54) is 19.8 Å². The smallest absolute Gasteiger partial charge is 0.316 e. The van der Waals surface area contributed by atoms with Crippen molar-refractivity contribution in [1.82, 2.24) is 20.8 Å². The number of carbonyl (C=O) groups excluding carboxylic acids is 2. The minimum absolute atomic E-state index is 0.0374. The van der Waals surface area contributed by atoms with E-state index < -0.39 is 5.91 Å². The van der Waals surface area contributed by atoms with Crippen LogP contribution in [0.25, 0.3) is 11.4 Å². The molecular formula is C24H28N4O5. The molecule has 0 unspecified atom stereocenters. The molecule has 33 heavy (non-hydrogen) atoms. The maximum atomic E-state index is 12.3. The van der Waals surface area contributed by atoms with Crippen molar-refractivity contribution in [2.45, 2.75) is 26.2 Å². The molecule has 0 aliphatic rings. The third-order valence-corrected chi connectivity index (χ3v) is 4.97. The summed E-state index contributed by atoms with van der Waals surface area (Å²) in [6.07, 6.45) is 0. The van der Waals surface area contributed by atoms with E-state index in [2.05, 4.69) is 41.5 Å². The maximum Gasteiger partial charge on any atom is 0.316 e. The van der Waals surface area contributed by atoms with Gasteiger partial charge in [-0.3, -0.25) is 9.59 Å². The zero-order valence-corrected chi connectivity index (χ0v) is 19.4. The van der Waals surface area contributed by atoms with E-state index in [1.54, 1.807) is 18.2 Å². The molecule has 0 spiro atoms. The van der Waals surface area contributed by atoms with Crippen LogP contribution in [-0.2, 0) is 5.41 Å². The first-order valence-electron chi connectivity index (χ1n) is 10.5. The normalized spacial score (nSPS) is 11.1. The first-order valence-corrected chi connectivity index (χ1v) is 10.5. The van der Waals surface area contributed by atoms with Crippen LogP contribution >= 0.6 is 0 Å². The zero-order chi connectivity index (χ0) is 24.0. The van der Waals surface area contributed by atoms with Crippen molar-refractivity contribution in [1.29, 1.82) is 0 Å². The van der Waals surface area contributed by atoms with Gasteiger partial charge in [-0.2, -0.15) is 4.98 Å². The number of rotatable bonds is 8. The van der Waals surface area contributed by atoms with Gasteiger partial charge in [0.25, 0.3) is 5.91 Å². The van der Waals surface area contributed by atoms with Gasteiger partial charge in [-0.25, -0.2) is 0 Å². The van der Waals surface area contributed by atoms with Gasteiger partial charge in [0.05, 0.1) is 14.2 Å². The van der Waals surface area contributed by atoms with Crippen LogP contribution in [0.2, 0.25) is 0 Å². The van der Waals surface area contributed by atoms with Gasteiger partial charge in [0.15, 0.2) is 11.5 Å². The van der Waals surface area contributed by atoms with E-state index in [-0.39, 0.29) is 30.3 Å². The quantitative estimate of drug-likeness (QED) is 0.504. The Bertz CT molecular complexity index is 1120. The van der Waals surface area contributed by atoms with Gasteiger partial charge in [-0.15, -0.1) is 0 Å². The molecule has 1 heterocycles. The highest BCUT2D eigenvalue weighted by Gasteiger charge is 2.18. The maximum absolute atomic E-state index is 12.3. The van der Waals surface area contributed by atoms with Crippen molar-refractivity contribution in [2.75, 3.05) is 27.3 Å². The van der Waals surface area contributed by atoms with Crippen LogP contribution in [0, 0.1) is 0 Å². The second-order valence-electron chi connectivity index (χ2n) is 8.33. The first-order chi connectivity index (χ1) is 15.7. The minimum Gasteiger partial charge on any atom is -0.493 e. The fourth-order valence-electron chi connectivity index (χ4n) is 3.06. The fraction of sp³-hybridized carbons (Fsp3) is 0.333. The van der Waals surface area contributed by atoms with E-state index in [0.29, 0.717) is 22.9 Å². The fourth-order valence-corrected chi connectivity index (χ4v) is 3.06. The average Bonchev–Trinajstić information content (AvgIpc) is 3.31. The molecule has 9 nitrogen and oxygen atoms in total. The molecule has 0 atom stereocenters. The third kappa shape index (κ3) is 5.88. The van der Waals surface area contributed by atoms with Gasteiger partial charge >= 0.3 is 11.8 Å². The number of nitrogens with one attached hydrogen (secondary N) is 2. The lowest BCUT2D eigenvalue weighted by atomic mass is 9.87. The number of hydrogen-bond donors (Lipinski definition) is 2. The molecule has 1 aromatic heterocycles. The minimum atomic E-state index is -0.513. The molecule has 3 aromatic rings. The Kier molecular flexibility index (Phi) is 7.32. The van der Waals surface area contributed by atoms with Crippen LogP contribution in [0.3, 0.4) is 0 Å². The molecule has 2 N–H and O–H groups in total. The monoisotopic (exact) mass is 452 g/mol. The van der Waals surface area contributed by atoms with E-state index in [4.69, 9.17) is 14.0 Å². The van der Waals surface area contributed by atoms with Crippen LogP contribution in [-0.4, -0.2) is 49.3 Å². The molecule has 0 aliphatic heterocycles. The molecular weight excluding hydrogens is 424 g/mol. The first kappa shape index (κ1) is 23.8. The van der Waals surface area contributed by atoms with Crippen molar-refractivity contribution in [3.05, 3.63) is 59.5 Å². The van der Waals surface area contributed by atoms with Gasteiger partial charge in [0, 0.05) is 24.2 Å². The van der Waals surface area contributed by atoms with Crippen LogP contribution < -0.4 is 20.1 Å². The number of benzene rings is 2. The highest BCUT2D eigenvalue weighted by molar-refractivity contribution is 5.95. The highest BCUT2D eigenvalue weighted by atomic mass is 16.5. The number of nitrogens with zero attached hydrogens (tertiary/aromatic N) is 2. The Labute approximate surface area is 192 Å². The van der Waals surface area contributed by atoms with E-state index in [0.717, 1.165) is 5.56 Å². The van der Waals surface area contributed by atoms with Crippen molar-refractivity contribution in [3.8, 4) is 22.9 Å². The van der Waals surface area contributed by atoms with Crippen molar-refractivity contribution in [3.63, 3.8) is 0 Å². The van der Waals surface area contributed by atoms with E-state index in [1.807, 2.05) is 24.3 Å². The second-order valence-corrected chi connectivity index (χ2v) is 8.33. The SMILES string of the molecule is COc1ccc(C(=O)NCCNC(=O)c2nc(-c3ccc(C(C)(C)C)cc3)no2)cc1OC. The molecule has 0 radical (unpaired) electrons. The number of hydrogen-bond acceptors (Lipinski definition) is 7. The molecule has 0 bridgehead atoms. The number of aromatic nitrogens is 2. The lowest BCUT2D eigenvalue weighted by Gasteiger charge is -2.18. The summed E-state index contributed by atoms with van der Waals surface area (Å²) in [7, 11) is 3.02. The molecule has 174 valence electrons. The molecule has 0 aliphatic carbocycles. The number of methoxy groups -OCH3 is 2. The van der Waals surface area contributed by atoms with Gasteiger partial charge in [0.1, 0.15) is 0 Å². The predicted molar refractivity (Wildman–Crippen MR) is 123 cm³/mol. The van der Waals surface area contributed by atoms with E-state index in [9.17, 15) is 9.59 Å². The standard InChI is InChI=1S/C24H28N4O5/c1-24(2,3)17-9-6-15(7-10-17)20-27-23(33-28-20)22(30)26-13-12-25-21(29)16-8-11-18(31-4)19(14-16)32-5/h6-11,14H,12-13H2,1-5H3,(H,25,29)(H,26,30). The Morgan fingerprint density at radius 1 is 0.909 bits per heavy atom. The number of amides is 2. The Hall–Kier alpha value is -3.88. The Morgan fingerprint density at radius 2 is 1.55 bits per heavy atom. The van der Waals surface area contributed by atoms with Crippen molar-refractivity contribution >= 4 is 11.8 Å². The largest absolute Gasteiger partial charge is 0.493 e. The molecule has 0 saturated carbocycles. The summed E-state index contributed by atoms with van der Waals surface area (Å²) in [4.78, 5) is 28.8. The van der Waals surface area contributed by atoms with Crippen molar-refractivity contribution in [2.24, 2.45) is 0 Å². The van der Waals surface area contributed by atoms with Crippen LogP contribution in [0.4, 0.5) is 0 Å². The summed E-state index contributed by atoms with van der Waals surface area (Å²) in [6.45, 7) is 6.81. The molecule has 0 saturated heterocycles. The van der Waals surface area contributed by atoms with Crippen LogP contribution in [0.5, 0.6) is 11.5 Å². The highest BCUT2D eigenvalue weighted by Crippen LogP contribution is 2.27. The number of carbonyl (C=O) groups is 2. The summed E-state index contributed by atoms with van der Waals surface area (Å²) in [6, 6.07) is 12.7. The lowest BCUT2D eigenvalue weighted by Crippen LogP contribution is -2.34. The van der Waals surface area contributed by atoms with Gasteiger partial charge < -0.3 is 24.6 Å². The Morgan fingerprint density at radius 3 is 2.15 bits per heavy atom. The topological polar surface area (TPSA) is 116 Å². The van der Waals surface area contributed by atoms with E-state index >= 15 is 0 Å². The number of ether oxygens (including phenoxy) is 2. The summed E-state index contributed by atoms with van der Waals surface area (Å²) in [5.74, 6) is 0.368. The molecule has 3 rings (SSSR count). The third-order valence-electron chi connectivity index (χ3n) is 4.97.